The van der Waals surface area contributed by atoms with Gasteiger partial charge in [0.1, 0.15) is 5.82 Å². The molecule has 0 fully saturated rings. The van der Waals surface area contributed by atoms with Crippen LogP contribution in [0.25, 0.3) is 39.2 Å². The van der Waals surface area contributed by atoms with Crippen molar-refractivity contribution >= 4 is 17.0 Å². The minimum Gasteiger partial charge on any atom is -0.478 e. The standard InChI is InChI=1S/C26H24N6O2/c1-3-4-9-22-27-23-16(2)10-15-21(26(33)34)24(23)32(22)18-13-11-17(12-14-18)19-7-5-6-8-20(19)25-28-30-31-29-25/h5-8,10-15H,3-4,9H2,1-2H3,(H,33,34)(H,28,29,30,31). The number of benzene rings is 3. The molecule has 170 valence electrons. The number of carbonyl (C=O) groups is 1. The van der Waals surface area contributed by atoms with Crippen molar-refractivity contribution in [1.82, 2.24) is 30.2 Å². The van der Waals surface area contributed by atoms with E-state index in [-0.39, 0.29) is 5.56 Å². The van der Waals surface area contributed by atoms with Crippen molar-refractivity contribution in [3.63, 3.8) is 0 Å². The summed E-state index contributed by atoms with van der Waals surface area (Å²) in [5, 5.41) is 24.3. The molecule has 8 nitrogen and oxygen atoms in total. The molecule has 5 aromatic rings. The monoisotopic (exact) mass is 452 g/mol. The van der Waals surface area contributed by atoms with Gasteiger partial charge in [-0.3, -0.25) is 4.57 Å². The molecule has 34 heavy (non-hydrogen) atoms. The lowest BCUT2D eigenvalue weighted by molar-refractivity contribution is 0.0698. The molecule has 8 heteroatoms. The van der Waals surface area contributed by atoms with Gasteiger partial charge in [0.05, 0.1) is 16.6 Å². The van der Waals surface area contributed by atoms with Crippen molar-refractivity contribution in [3.8, 4) is 28.2 Å². The van der Waals surface area contributed by atoms with E-state index in [1.807, 2.05) is 66.1 Å². The number of nitrogens with zero attached hydrogens (tertiary/aromatic N) is 5. The Bertz CT molecular complexity index is 1470. The van der Waals surface area contributed by atoms with Crippen molar-refractivity contribution in [1.29, 1.82) is 0 Å². The molecule has 0 aliphatic carbocycles. The van der Waals surface area contributed by atoms with Gasteiger partial charge >= 0.3 is 5.97 Å². The highest BCUT2D eigenvalue weighted by Gasteiger charge is 2.20. The summed E-state index contributed by atoms with van der Waals surface area (Å²) in [6, 6.07) is 19.5. The number of H-pyrrole nitrogens is 1. The number of hydrogen-bond donors (Lipinski definition) is 2. The molecular weight excluding hydrogens is 428 g/mol. The summed E-state index contributed by atoms with van der Waals surface area (Å²) in [6.07, 6.45) is 2.77. The highest BCUT2D eigenvalue weighted by molar-refractivity contribution is 6.03. The largest absolute Gasteiger partial charge is 0.478 e. The molecule has 2 aromatic heterocycles. The Kier molecular flexibility index (Phi) is 5.63. The molecule has 2 N–H and O–H groups in total. The van der Waals surface area contributed by atoms with Gasteiger partial charge in [0.25, 0.3) is 0 Å². The van der Waals surface area contributed by atoms with Crippen molar-refractivity contribution < 1.29 is 9.90 Å². The van der Waals surface area contributed by atoms with Gasteiger partial charge < -0.3 is 5.11 Å². The van der Waals surface area contributed by atoms with E-state index in [9.17, 15) is 9.90 Å². The number of unbranched alkanes of at least 4 members (excludes halogenated alkanes) is 1. The highest BCUT2D eigenvalue weighted by atomic mass is 16.4. The third-order valence-electron chi connectivity index (χ3n) is 6.01. The minimum atomic E-state index is -0.959. The fourth-order valence-corrected chi connectivity index (χ4v) is 4.31. The third-order valence-corrected chi connectivity index (χ3v) is 6.01. The van der Waals surface area contributed by atoms with Crippen LogP contribution in [0.4, 0.5) is 0 Å². The van der Waals surface area contributed by atoms with Crippen LogP contribution in [-0.2, 0) is 6.42 Å². The maximum absolute atomic E-state index is 12.1. The number of aromatic amines is 1. The molecule has 0 atom stereocenters. The molecule has 0 amide bonds. The number of aromatic nitrogens is 6. The first-order valence-electron chi connectivity index (χ1n) is 11.3. The minimum absolute atomic E-state index is 0.252. The first-order valence-corrected chi connectivity index (χ1v) is 11.3. The van der Waals surface area contributed by atoms with E-state index in [0.29, 0.717) is 11.3 Å². The molecule has 0 radical (unpaired) electrons. The van der Waals surface area contributed by atoms with Gasteiger partial charge in [-0.15, -0.1) is 10.2 Å². The molecule has 0 saturated heterocycles. The first-order chi connectivity index (χ1) is 16.6. The number of nitrogens with one attached hydrogen (secondary N) is 1. The van der Waals surface area contributed by atoms with Crippen LogP contribution in [0, 0.1) is 6.92 Å². The number of carboxylic acids is 1. The van der Waals surface area contributed by atoms with E-state index in [0.717, 1.165) is 58.5 Å². The predicted molar refractivity (Wildman–Crippen MR) is 130 cm³/mol. The van der Waals surface area contributed by atoms with E-state index in [1.54, 1.807) is 6.07 Å². The van der Waals surface area contributed by atoms with Gasteiger partial charge in [-0.1, -0.05) is 55.8 Å². The lowest BCUT2D eigenvalue weighted by Crippen LogP contribution is -2.05. The zero-order valence-corrected chi connectivity index (χ0v) is 19.0. The molecule has 0 aliphatic rings. The molecule has 0 bridgehead atoms. The summed E-state index contributed by atoms with van der Waals surface area (Å²) in [5.74, 6) is 0.441. The van der Waals surface area contributed by atoms with Gasteiger partial charge in [0, 0.05) is 17.7 Å². The maximum atomic E-state index is 12.1. The number of aromatic carboxylic acids is 1. The van der Waals surface area contributed by atoms with Crippen LogP contribution >= 0.6 is 0 Å². The number of fused-ring (bicyclic) bond motifs is 1. The van der Waals surface area contributed by atoms with Crippen LogP contribution < -0.4 is 0 Å². The van der Waals surface area contributed by atoms with E-state index >= 15 is 0 Å². The molecule has 2 heterocycles. The summed E-state index contributed by atoms with van der Waals surface area (Å²) in [5.41, 5.74) is 6.32. The summed E-state index contributed by atoms with van der Waals surface area (Å²) in [7, 11) is 0. The Hall–Kier alpha value is -4.33. The van der Waals surface area contributed by atoms with Crippen molar-refractivity contribution in [2.45, 2.75) is 33.1 Å². The van der Waals surface area contributed by atoms with Crippen molar-refractivity contribution in [3.05, 3.63) is 77.6 Å². The molecule has 0 unspecified atom stereocenters. The quantitative estimate of drug-likeness (QED) is 0.350. The summed E-state index contributed by atoms with van der Waals surface area (Å²) < 4.78 is 2.00. The zero-order valence-electron chi connectivity index (χ0n) is 19.0. The lowest BCUT2D eigenvalue weighted by atomic mass is 9.99. The number of tetrazole rings is 1. The van der Waals surface area contributed by atoms with Crippen LogP contribution in [-0.4, -0.2) is 41.3 Å². The molecular formula is C26H24N6O2. The number of hydrogen-bond acceptors (Lipinski definition) is 5. The van der Waals surface area contributed by atoms with Gasteiger partial charge in [0.2, 0.25) is 5.82 Å². The summed E-state index contributed by atoms with van der Waals surface area (Å²) in [4.78, 5) is 16.9. The van der Waals surface area contributed by atoms with E-state index in [2.05, 4.69) is 27.5 Å². The average molecular weight is 453 g/mol. The molecule has 0 saturated carbocycles. The Balaban J connectivity index is 1.66. The lowest BCUT2D eigenvalue weighted by Gasteiger charge is -2.13. The van der Waals surface area contributed by atoms with E-state index in [1.165, 1.54) is 0 Å². The van der Waals surface area contributed by atoms with Gasteiger partial charge in [-0.25, -0.2) is 9.78 Å². The Morgan fingerprint density at radius 2 is 1.79 bits per heavy atom. The van der Waals surface area contributed by atoms with Gasteiger partial charge in [-0.2, -0.15) is 5.21 Å². The number of carboxylic acid groups (broad SMARTS) is 1. The van der Waals surface area contributed by atoms with E-state index in [4.69, 9.17) is 4.98 Å². The molecule has 0 spiro atoms. The molecule has 5 rings (SSSR count). The maximum Gasteiger partial charge on any atom is 0.337 e. The van der Waals surface area contributed by atoms with E-state index < -0.39 is 5.97 Å². The van der Waals surface area contributed by atoms with Crippen molar-refractivity contribution in [2.75, 3.05) is 0 Å². The number of aryl methyl sites for hydroxylation is 2. The Labute approximate surface area is 196 Å². The second kappa shape index (κ2) is 8.90. The SMILES string of the molecule is CCCCc1nc2c(C)ccc(C(=O)O)c2n1-c1ccc(-c2ccccc2-c2nn[nH]n2)cc1. The Morgan fingerprint density at radius 3 is 2.47 bits per heavy atom. The zero-order chi connectivity index (χ0) is 23.7. The smallest absolute Gasteiger partial charge is 0.337 e. The first kappa shape index (κ1) is 21.5. The second-order valence-electron chi connectivity index (χ2n) is 8.23. The normalized spacial score (nSPS) is 11.2. The van der Waals surface area contributed by atoms with Gasteiger partial charge in [0.15, 0.2) is 0 Å². The van der Waals surface area contributed by atoms with Crippen LogP contribution in [0.2, 0.25) is 0 Å². The van der Waals surface area contributed by atoms with Crippen LogP contribution in [0.15, 0.2) is 60.7 Å². The van der Waals surface area contributed by atoms with Crippen molar-refractivity contribution in [2.24, 2.45) is 0 Å². The fraction of sp³-hybridized carbons (Fsp3) is 0.192. The van der Waals surface area contributed by atoms with Crippen LogP contribution in [0.1, 0.15) is 41.5 Å². The van der Waals surface area contributed by atoms with Crippen LogP contribution in [0.5, 0.6) is 0 Å². The second-order valence-corrected chi connectivity index (χ2v) is 8.23. The Morgan fingerprint density at radius 1 is 1.03 bits per heavy atom. The molecule has 3 aromatic carbocycles. The topological polar surface area (TPSA) is 110 Å². The summed E-state index contributed by atoms with van der Waals surface area (Å²) >= 11 is 0. The number of imidazole rings is 1. The average Bonchev–Trinajstić information content (AvgIpc) is 3.52. The third kappa shape index (κ3) is 3.73. The predicted octanol–water partition coefficient (Wildman–Crippen LogP) is 5.22. The fourth-order valence-electron chi connectivity index (χ4n) is 4.31. The van der Waals surface area contributed by atoms with Gasteiger partial charge in [-0.05, 0) is 53.4 Å². The summed E-state index contributed by atoms with van der Waals surface area (Å²) in [6.45, 7) is 4.10. The van der Waals surface area contributed by atoms with Crippen LogP contribution in [0.3, 0.4) is 0 Å². The highest BCUT2D eigenvalue weighted by Crippen LogP contribution is 2.32. The molecule has 0 aliphatic heterocycles. The number of rotatable bonds is 7.